The average molecular weight is 250 g/mol. The van der Waals surface area contributed by atoms with Crippen molar-refractivity contribution in [1.82, 2.24) is 5.32 Å². The molecule has 0 bridgehead atoms. The van der Waals surface area contributed by atoms with E-state index in [1.54, 1.807) is 24.3 Å². The van der Waals surface area contributed by atoms with Crippen LogP contribution in [-0.4, -0.2) is 19.0 Å². The van der Waals surface area contributed by atoms with Gasteiger partial charge in [0, 0.05) is 11.6 Å². The molecule has 2 N–H and O–H groups in total. The first kappa shape index (κ1) is 13.2. The number of halogens is 1. The predicted molar refractivity (Wildman–Crippen MR) is 67.9 cm³/mol. The molecule has 1 amide bonds. The van der Waals surface area contributed by atoms with Crippen molar-refractivity contribution in [2.45, 2.75) is 0 Å². The maximum Gasteiger partial charge on any atom is 0.238 e. The molecule has 4 nitrogen and oxygen atoms in total. The molecule has 0 saturated carbocycles. The third-order valence-corrected chi connectivity index (χ3v) is 2.19. The highest BCUT2D eigenvalue weighted by molar-refractivity contribution is 6.31. The quantitative estimate of drug-likeness (QED) is 0.619. The number of nitrogens with one attached hydrogen (secondary N) is 2. The summed E-state index contributed by atoms with van der Waals surface area (Å²) in [6, 6.07) is 6.70. The normalized spacial score (nSPS) is 9.41. The molecule has 0 saturated heterocycles. The maximum atomic E-state index is 11.5. The van der Waals surface area contributed by atoms with Gasteiger partial charge in [0.2, 0.25) is 5.91 Å². The summed E-state index contributed by atoms with van der Waals surface area (Å²) >= 11 is 5.79. The Morgan fingerprint density at radius 2 is 2.35 bits per heavy atom. The zero-order valence-corrected chi connectivity index (χ0v) is 9.92. The lowest BCUT2D eigenvalue weighted by molar-refractivity contribution is -0.115. The van der Waals surface area contributed by atoms with Gasteiger partial charge >= 0.3 is 0 Å². The van der Waals surface area contributed by atoms with E-state index in [1.807, 2.05) is 6.07 Å². The Morgan fingerprint density at radius 1 is 1.59 bits per heavy atom. The summed E-state index contributed by atoms with van der Waals surface area (Å²) in [5, 5.41) is 14.8. The Bertz CT molecular complexity index is 465. The monoisotopic (exact) mass is 249 g/mol. The first-order valence-electron chi connectivity index (χ1n) is 4.98. The molecule has 0 heterocycles. The van der Waals surface area contributed by atoms with Gasteiger partial charge in [0.05, 0.1) is 17.8 Å². The molecule has 0 unspecified atom stereocenters. The van der Waals surface area contributed by atoms with Crippen LogP contribution in [0.5, 0.6) is 0 Å². The summed E-state index contributed by atoms with van der Waals surface area (Å²) in [7, 11) is 0. The van der Waals surface area contributed by atoms with Crippen LogP contribution >= 0.6 is 11.6 Å². The molecule has 0 fully saturated rings. The number of anilines is 1. The maximum absolute atomic E-state index is 11.5. The van der Waals surface area contributed by atoms with Gasteiger partial charge in [-0.15, -0.1) is 6.58 Å². The highest BCUT2D eigenvalue weighted by Gasteiger charge is 2.06. The molecule has 5 heteroatoms. The minimum Gasteiger partial charge on any atom is -0.324 e. The molecule has 0 aromatic heterocycles. The second-order valence-corrected chi connectivity index (χ2v) is 3.71. The van der Waals surface area contributed by atoms with E-state index in [1.165, 1.54) is 0 Å². The number of carbonyl (C=O) groups excluding carboxylic acids is 1. The topological polar surface area (TPSA) is 64.9 Å². The van der Waals surface area contributed by atoms with Crippen LogP contribution in [0.25, 0.3) is 0 Å². The van der Waals surface area contributed by atoms with Gasteiger partial charge < -0.3 is 10.6 Å². The lowest BCUT2D eigenvalue weighted by Crippen LogP contribution is -2.28. The number of hydrogen-bond donors (Lipinski definition) is 2. The number of rotatable bonds is 5. The van der Waals surface area contributed by atoms with Crippen molar-refractivity contribution >= 4 is 23.2 Å². The number of nitrogens with zero attached hydrogens (tertiary/aromatic N) is 1. The fraction of sp³-hybridized carbons (Fsp3) is 0.167. The van der Waals surface area contributed by atoms with Crippen molar-refractivity contribution < 1.29 is 4.79 Å². The second kappa shape index (κ2) is 6.69. The summed E-state index contributed by atoms with van der Waals surface area (Å²) in [6.07, 6.45) is 1.66. The molecule has 0 aliphatic carbocycles. The van der Waals surface area contributed by atoms with E-state index in [0.29, 0.717) is 22.8 Å². The minimum absolute atomic E-state index is 0.156. The number of nitriles is 1. The summed E-state index contributed by atoms with van der Waals surface area (Å²) < 4.78 is 0. The standard InChI is InChI=1S/C12H12ClN3O/c1-2-5-15-8-12(17)16-11-6-10(13)4-3-9(11)7-14/h2-4,6,15H,1,5,8H2,(H,16,17). The summed E-state index contributed by atoms with van der Waals surface area (Å²) in [6.45, 7) is 4.23. The summed E-state index contributed by atoms with van der Waals surface area (Å²) in [5.41, 5.74) is 0.803. The van der Waals surface area contributed by atoms with Gasteiger partial charge in [-0.2, -0.15) is 5.26 Å². The number of hydrogen-bond acceptors (Lipinski definition) is 3. The van der Waals surface area contributed by atoms with Crippen LogP contribution in [0.4, 0.5) is 5.69 Å². The first-order chi connectivity index (χ1) is 8.17. The van der Waals surface area contributed by atoms with E-state index in [2.05, 4.69) is 17.2 Å². The van der Waals surface area contributed by atoms with Gasteiger partial charge in [-0.1, -0.05) is 17.7 Å². The Morgan fingerprint density at radius 3 is 3.00 bits per heavy atom. The Balaban J connectivity index is 2.67. The first-order valence-corrected chi connectivity index (χ1v) is 5.36. The van der Waals surface area contributed by atoms with E-state index < -0.39 is 0 Å². The van der Waals surface area contributed by atoms with Gasteiger partial charge in [0.1, 0.15) is 6.07 Å². The van der Waals surface area contributed by atoms with Crippen LogP contribution in [0.2, 0.25) is 5.02 Å². The van der Waals surface area contributed by atoms with Gasteiger partial charge in [-0.05, 0) is 18.2 Å². The molecule has 1 aromatic carbocycles. The van der Waals surface area contributed by atoms with E-state index in [0.717, 1.165) is 0 Å². The predicted octanol–water partition coefficient (Wildman–Crippen LogP) is 1.93. The van der Waals surface area contributed by atoms with E-state index in [9.17, 15) is 4.79 Å². The van der Waals surface area contributed by atoms with Crippen LogP contribution in [0, 0.1) is 11.3 Å². The highest BCUT2D eigenvalue weighted by Crippen LogP contribution is 2.20. The van der Waals surface area contributed by atoms with Gasteiger partial charge in [0.15, 0.2) is 0 Å². The van der Waals surface area contributed by atoms with E-state index in [4.69, 9.17) is 16.9 Å². The fourth-order valence-corrected chi connectivity index (χ4v) is 1.37. The highest BCUT2D eigenvalue weighted by atomic mass is 35.5. The van der Waals surface area contributed by atoms with Crippen molar-refractivity contribution in [2.75, 3.05) is 18.4 Å². The number of carbonyl (C=O) groups is 1. The van der Waals surface area contributed by atoms with Gasteiger partial charge in [-0.3, -0.25) is 4.79 Å². The fourth-order valence-electron chi connectivity index (χ4n) is 1.20. The lowest BCUT2D eigenvalue weighted by atomic mass is 10.2. The van der Waals surface area contributed by atoms with Crippen LogP contribution < -0.4 is 10.6 Å². The largest absolute Gasteiger partial charge is 0.324 e. The smallest absolute Gasteiger partial charge is 0.238 e. The van der Waals surface area contributed by atoms with Gasteiger partial charge in [-0.25, -0.2) is 0 Å². The van der Waals surface area contributed by atoms with Crippen LogP contribution in [0.1, 0.15) is 5.56 Å². The summed E-state index contributed by atoms with van der Waals surface area (Å²) in [5.74, 6) is -0.231. The molecule has 0 aliphatic rings. The van der Waals surface area contributed by atoms with Crippen LogP contribution in [0.3, 0.4) is 0 Å². The van der Waals surface area contributed by atoms with Crippen molar-refractivity contribution in [3.63, 3.8) is 0 Å². The molecule has 0 radical (unpaired) electrons. The van der Waals surface area contributed by atoms with Crippen molar-refractivity contribution in [2.24, 2.45) is 0 Å². The third-order valence-electron chi connectivity index (χ3n) is 1.95. The zero-order valence-electron chi connectivity index (χ0n) is 9.16. The molecule has 0 aliphatic heterocycles. The molecular formula is C12H12ClN3O. The Kier molecular flexibility index (Phi) is 5.21. The summed E-state index contributed by atoms with van der Waals surface area (Å²) in [4.78, 5) is 11.5. The van der Waals surface area contributed by atoms with Crippen molar-refractivity contribution in [3.05, 3.63) is 41.4 Å². The van der Waals surface area contributed by atoms with Gasteiger partial charge in [0.25, 0.3) is 0 Å². The molecule has 0 spiro atoms. The van der Waals surface area contributed by atoms with Crippen LogP contribution in [-0.2, 0) is 4.79 Å². The molecule has 1 aromatic rings. The molecular weight excluding hydrogens is 238 g/mol. The molecule has 0 atom stereocenters. The Labute approximate surface area is 105 Å². The number of amides is 1. The third kappa shape index (κ3) is 4.27. The average Bonchev–Trinajstić information content (AvgIpc) is 2.29. The Hall–Kier alpha value is -1.83. The lowest BCUT2D eigenvalue weighted by Gasteiger charge is -2.07. The van der Waals surface area contributed by atoms with E-state index in [-0.39, 0.29) is 12.5 Å². The van der Waals surface area contributed by atoms with Crippen molar-refractivity contribution in [1.29, 1.82) is 5.26 Å². The SMILES string of the molecule is C=CCNCC(=O)Nc1cc(Cl)ccc1C#N. The second-order valence-electron chi connectivity index (χ2n) is 3.27. The minimum atomic E-state index is -0.231. The van der Waals surface area contributed by atoms with Crippen molar-refractivity contribution in [3.8, 4) is 6.07 Å². The molecule has 1 rings (SSSR count). The van der Waals surface area contributed by atoms with E-state index >= 15 is 0 Å². The molecule has 88 valence electrons. The molecule has 17 heavy (non-hydrogen) atoms. The zero-order chi connectivity index (χ0) is 12.7. The number of benzene rings is 1. The van der Waals surface area contributed by atoms with Crippen LogP contribution in [0.15, 0.2) is 30.9 Å².